The molecule has 3 N–H and O–H groups in total. The number of rotatable bonds is 8. The van der Waals surface area contributed by atoms with Crippen LogP contribution in [0.15, 0.2) is 4.99 Å². The Kier molecular flexibility index (Phi) is 6.14. The van der Waals surface area contributed by atoms with E-state index in [4.69, 9.17) is 10.5 Å². The number of ether oxygens (including phenoxy) is 1. The molecule has 0 aromatic carbocycles. The van der Waals surface area contributed by atoms with Crippen molar-refractivity contribution in [3.8, 4) is 0 Å². The second kappa shape index (κ2) is 7.87. The van der Waals surface area contributed by atoms with Crippen molar-refractivity contribution in [1.82, 2.24) is 5.32 Å². The molecule has 0 saturated carbocycles. The minimum Gasteiger partial charge on any atom is -0.370 e. The van der Waals surface area contributed by atoms with Crippen LogP contribution in [0.3, 0.4) is 0 Å². The van der Waals surface area contributed by atoms with Gasteiger partial charge in [0, 0.05) is 13.0 Å². The van der Waals surface area contributed by atoms with E-state index in [0.717, 1.165) is 32.3 Å². The molecular weight excluding hydrogens is 250 g/mol. The molecule has 0 radical (unpaired) electrons. The zero-order valence-corrected chi connectivity index (χ0v) is 13.0. The molecule has 2 heterocycles. The Morgan fingerprint density at radius 3 is 2.70 bits per heavy atom. The summed E-state index contributed by atoms with van der Waals surface area (Å²) in [5.41, 5.74) is 5.73. The van der Waals surface area contributed by atoms with E-state index in [9.17, 15) is 0 Å². The molecule has 0 aromatic heterocycles. The summed E-state index contributed by atoms with van der Waals surface area (Å²) in [6, 6.07) is 0.352. The Morgan fingerprint density at radius 1 is 1.25 bits per heavy atom. The lowest BCUT2D eigenvalue weighted by atomic mass is 9.95. The number of hydrogen-bond acceptors (Lipinski definition) is 4. The summed E-state index contributed by atoms with van der Waals surface area (Å²) in [5, 5.41) is 3.25. The molecule has 2 aliphatic heterocycles. The van der Waals surface area contributed by atoms with Gasteiger partial charge in [0.15, 0.2) is 5.96 Å². The maximum atomic E-state index is 5.92. The van der Waals surface area contributed by atoms with Crippen LogP contribution in [0.2, 0.25) is 0 Å². The van der Waals surface area contributed by atoms with Crippen LogP contribution in [-0.4, -0.2) is 24.3 Å². The van der Waals surface area contributed by atoms with Gasteiger partial charge in [0.05, 0.1) is 6.04 Å². The van der Waals surface area contributed by atoms with Gasteiger partial charge in [0.2, 0.25) is 0 Å². The summed E-state index contributed by atoms with van der Waals surface area (Å²) in [6.07, 6.45) is 13.8. The Labute approximate surface area is 123 Å². The van der Waals surface area contributed by atoms with E-state index in [1.165, 1.54) is 44.9 Å². The van der Waals surface area contributed by atoms with Crippen molar-refractivity contribution >= 4 is 5.96 Å². The number of guanidine groups is 1. The molecule has 1 spiro atoms. The minimum absolute atomic E-state index is 0.197. The second-order valence-corrected chi connectivity index (χ2v) is 6.35. The summed E-state index contributed by atoms with van der Waals surface area (Å²) in [7, 11) is 0. The summed E-state index contributed by atoms with van der Waals surface area (Å²) in [4.78, 5) is 4.55. The fourth-order valence-electron chi connectivity index (χ4n) is 3.40. The van der Waals surface area contributed by atoms with Crippen molar-refractivity contribution < 1.29 is 4.74 Å². The highest BCUT2D eigenvalue weighted by atomic mass is 16.5. The fourth-order valence-corrected chi connectivity index (χ4v) is 3.40. The van der Waals surface area contributed by atoms with Crippen LogP contribution in [0.1, 0.15) is 77.6 Å². The number of hydrogen-bond donors (Lipinski definition) is 2. The van der Waals surface area contributed by atoms with Gasteiger partial charge in [-0.1, -0.05) is 51.9 Å². The first-order chi connectivity index (χ1) is 9.74. The predicted octanol–water partition coefficient (Wildman–Crippen LogP) is 3.31. The SMILES string of the molecule is CCCCCCCCCC1CC2(CCCO2)NC(N)=N1. The highest BCUT2D eigenvalue weighted by Gasteiger charge is 2.40. The van der Waals surface area contributed by atoms with Gasteiger partial charge in [-0.25, -0.2) is 4.99 Å². The summed E-state index contributed by atoms with van der Waals surface area (Å²) in [6.45, 7) is 3.12. The molecule has 4 heteroatoms. The Morgan fingerprint density at radius 2 is 2.00 bits per heavy atom. The van der Waals surface area contributed by atoms with Crippen molar-refractivity contribution in [3.05, 3.63) is 0 Å². The summed E-state index contributed by atoms with van der Waals surface area (Å²) in [5.74, 6) is 0.575. The number of aliphatic imine (C=N–C) groups is 1. The number of nitrogens with zero attached hydrogens (tertiary/aromatic N) is 1. The highest BCUT2D eigenvalue weighted by molar-refractivity contribution is 5.79. The van der Waals surface area contributed by atoms with Crippen LogP contribution in [0.5, 0.6) is 0 Å². The third-order valence-corrected chi connectivity index (χ3v) is 4.49. The second-order valence-electron chi connectivity index (χ2n) is 6.35. The molecule has 2 rings (SSSR count). The van der Waals surface area contributed by atoms with E-state index in [0.29, 0.717) is 12.0 Å². The molecule has 2 aliphatic rings. The van der Waals surface area contributed by atoms with Crippen LogP contribution in [-0.2, 0) is 4.74 Å². The average Bonchev–Trinajstić information content (AvgIpc) is 2.84. The zero-order valence-electron chi connectivity index (χ0n) is 13.0. The predicted molar refractivity (Wildman–Crippen MR) is 83.7 cm³/mol. The first kappa shape index (κ1) is 15.6. The molecule has 0 bridgehead atoms. The third kappa shape index (κ3) is 4.65. The Balaban J connectivity index is 1.64. The third-order valence-electron chi connectivity index (χ3n) is 4.49. The monoisotopic (exact) mass is 281 g/mol. The summed E-state index contributed by atoms with van der Waals surface area (Å²) >= 11 is 0. The van der Waals surface area contributed by atoms with E-state index in [-0.39, 0.29) is 5.72 Å². The Bertz CT molecular complexity index is 311. The van der Waals surface area contributed by atoms with Crippen LogP contribution in [0.4, 0.5) is 0 Å². The van der Waals surface area contributed by atoms with E-state index >= 15 is 0 Å². The zero-order chi connectivity index (χ0) is 14.3. The molecule has 4 nitrogen and oxygen atoms in total. The molecular formula is C16H31N3O. The molecule has 1 saturated heterocycles. The maximum Gasteiger partial charge on any atom is 0.191 e. The van der Waals surface area contributed by atoms with Crippen LogP contribution < -0.4 is 11.1 Å². The number of nitrogens with two attached hydrogens (primary N) is 1. The van der Waals surface area contributed by atoms with E-state index in [2.05, 4.69) is 17.2 Å². The normalized spacial score (nSPS) is 29.4. The molecule has 116 valence electrons. The highest BCUT2D eigenvalue weighted by Crippen LogP contribution is 2.32. The van der Waals surface area contributed by atoms with Crippen molar-refractivity contribution in [2.24, 2.45) is 10.7 Å². The molecule has 0 aromatic rings. The van der Waals surface area contributed by atoms with Crippen LogP contribution in [0, 0.1) is 0 Å². The standard InChI is InChI=1S/C16H31N3O/c1-2-3-4-5-6-7-8-10-14-13-16(11-9-12-20-16)19-15(17)18-14/h14H,2-13H2,1H3,(H3,17,18,19). The van der Waals surface area contributed by atoms with E-state index < -0.39 is 0 Å². The van der Waals surface area contributed by atoms with Crippen LogP contribution in [0.25, 0.3) is 0 Å². The molecule has 0 aliphatic carbocycles. The summed E-state index contributed by atoms with van der Waals surface area (Å²) < 4.78 is 5.88. The fraction of sp³-hybridized carbons (Fsp3) is 0.938. The van der Waals surface area contributed by atoms with Crippen molar-refractivity contribution in [1.29, 1.82) is 0 Å². The molecule has 20 heavy (non-hydrogen) atoms. The minimum atomic E-state index is -0.197. The van der Waals surface area contributed by atoms with E-state index in [1.54, 1.807) is 0 Å². The van der Waals surface area contributed by atoms with Gasteiger partial charge in [-0.05, 0) is 19.3 Å². The topological polar surface area (TPSA) is 59.6 Å². The maximum absolute atomic E-state index is 5.92. The van der Waals surface area contributed by atoms with Gasteiger partial charge in [0.1, 0.15) is 5.72 Å². The first-order valence-corrected chi connectivity index (χ1v) is 8.49. The van der Waals surface area contributed by atoms with Crippen molar-refractivity contribution in [3.63, 3.8) is 0 Å². The van der Waals surface area contributed by atoms with E-state index in [1.807, 2.05) is 0 Å². The van der Waals surface area contributed by atoms with Crippen molar-refractivity contribution in [2.75, 3.05) is 6.61 Å². The van der Waals surface area contributed by atoms with Gasteiger partial charge >= 0.3 is 0 Å². The van der Waals surface area contributed by atoms with Gasteiger partial charge in [-0.15, -0.1) is 0 Å². The first-order valence-electron chi connectivity index (χ1n) is 8.49. The van der Waals surface area contributed by atoms with Gasteiger partial charge in [0.25, 0.3) is 0 Å². The van der Waals surface area contributed by atoms with Gasteiger partial charge in [-0.2, -0.15) is 0 Å². The number of nitrogens with one attached hydrogen (secondary N) is 1. The molecule has 2 unspecified atom stereocenters. The lowest BCUT2D eigenvalue weighted by molar-refractivity contribution is -0.0258. The van der Waals surface area contributed by atoms with Gasteiger partial charge in [-0.3, -0.25) is 0 Å². The molecule has 1 fully saturated rings. The largest absolute Gasteiger partial charge is 0.370 e. The lowest BCUT2D eigenvalue weighted by Gasteiger charge is -2.36. The van der Waals surface area contributed by atoms with Crippen LogP contribution >= 0.6 is 0 Å². The molecule has 2 atom stereocenters. The van der Waals surface area contributed by atoms with Crippen molar-refractivity contribution in [2.45, 2.75) is 89.3 Å². The smallest absolute Gasteiger partial charge is 0.191 e. The molecule has 0 amide bonds. The quantitative estimate of drug-likeness (QED) is 0.671. The lowest BCUT2D eigenvalue weighted by Crippen LogP contribution is -2.56. The average molecular weight is 281 g/mol. The number of unbranched alkanes of at least 4 members (excludes halogenated alkanes) is 6. The van der Waals surface area contributed by atoms with Gasteiger partial charge < -0.3 is 15.8 Å². The Hall–Kier alpha value is -0.770.